The number of aliphatic hydroxyl groups excluding tert-OH is 1. The predicted octanol–water partition coefficient (Wildman–Crippen LogP) is 4.15. The lowest BCUT2D eigenvalue weighted by Gasteiger charge is -2.15. The Morgan fingerprint density at radius 3 is 2.76 bits per heavy atom. The van der Waals surface area contributed by atoms with Gasteiger partial charge in [-0.15, -0.1) is 0 Å². The van der Waals surface area contributed by atoms with Crippen LogP contribution < -0.4 is 10.1 Å². The Balaban J connectivity index is 1.82. The first kappa shape index (κ1) is 16.0. The normalized spacial score (nSPS) is 12.0. The minimum atomic E-state index is -0.652. The van der Waals surface area contributed by atoms with E-state index in [0.717, 1.165) is 11.3 Å². The van der Waals surface area contributed by atoms with Crippen LogP contribution in [-0.2, 0) is 0 Å². The number of hydrogen-bond donors (Lipinski definition) is 2. The van der Waals surface area contributed by atoms with Crippen LogP contribution in [-0.4, -0.2) is 24.4 Å². The lowest BCUT2D eigenvalue weighted by Crippen LogP contribution is -2.26. The fourth-order valence-corrected chi connectivity index (χ4v) is 2.16. The van der Waals surface area contributed by atoms with Crippen LogP contribution in [0.1, 0.15) is 5.56 Å². The van der Waals surface area contributed by atoms with E-state index < -0.39 is 6.10 Å². The van der Waals surface area contributed by atoms with Crippen LogP contribution in [0.5, 0.6) is 5.75 Å². The number of halogens is 2. The summed E-state index contributed by atoms with van der Waals surface area (Å²) in [4.78, 5) is 0. The molecule has 0 bridgehead atoms. The Morgan fingerprint density at radius 2 is 2.00 bits per heavy atom. The molecule has 5 heteroatoms. The molecule has 3 nitrogen and oxygen atoms in total. The molecular formula is C16H17Cl2NO2. The van der Waals surface area contributed by atoms with Crippen molar-refractivity contribution in [3.05, 3.63) is 58.1 Å². The first-order valence-corrected chi connectivity index (χ1v) is 7.36. The average Bonchev–Trinajstić information content (AvgIpc) is 2.46. The van der Waals surface area contributed by atoms with E-state index >= 15 is 0 Å². The molecule has 0 heterocycles. The summed E-state index contributed by atoms with van der Waals surface area (Å²) in [5.74, 6) is 0.471. The average molecular weight is 326 g/mol. The largest absolute Gasteiger partial charge is 0.489 e. The molecule has 0 saturated heterocycles. The number of rotatable bonds is 6. The van der Waals surface area contributed by atoms with Crippen molar-refractivity contribution in [1.29, 1.82) is 0 Å². The highest BCUT2D eigenvalue weighted by Crippen LogP contribution is 2.27. The number of hydrogen-bond acceptors (Lipinski definition) is 3. The minimum absolute atomic E-state index is 0.138. The molecule has 2 aromatic rings. The Kier molecular flexibility index (Phi) is 5.74. The predicted molar refractivity (Wildman–Crippen MR) is 87.6 cm³/mol. The molecule has 0 radical (unpaired) electrons. The first-order valence-electron chi connectivity index (χ1n) is 6.61. The molecule has 21 heavy (non-hydrogen) atoms. The molecule has 1 atom stereocenters. The summed E-state index contributed by atoms with van der Waals surface area (Å²) in [5.41, 5.74) is 2.13. The van der Waals surface area contributed by atoms with Gasteiger partial charge in [0.05, 0.1) is 5.02 Å². The second kappa shape index (κ2) is 7.55. The molecule has 0 aliphatic rings. The number of aryl methyl sites for hydroxylation is 1. The monoisotopic (exact) mass is 325 g/mol. The van der Waals surface area contributed by atoms with Crippen molar-refractivity contribution in [3.63, 3.8) is 0 Å². The van der Waals surface area contributed by atoms with Gasteiger partial charge in [-0.05, 0) is 36.8 Å². The van der Waals surface area contributed by atoms with Crippen LogP contribution >= 0.6 is 23.2 Å². The van der Waals surface area contributed by atoms with Crippen molar-refractivity contribution in [2.24, 2.45) is 0 Å². The topological polar surface area (TPSA) is 41.5 Å². The van der Waals surface area contributed by atoms with Gasteiger partial charge in [-0.25, -0.2) is 0 Å². The van der Waals surface area contributed by atoms with Crippen LogP contribution in [0, 0.1) is 6.92 Å². The third-order valence-electron chi connectivity index (χ3n) is 2.88. The summed E-state index contributed by atoms with van der Waals surface area (Å²) in [7, 11) is 0. The number of benzene rings is 2. The smallest absolute Gasteiger partial charge is 0.139 e. The third-order valence-corrected chi connectivity index (χ3v) is 3.43. The van der Waals surface area contributed by atoms with Gasteiger partial charge in [-0.2, -0.15) is 0 Å². The highest BCUT2D eigenvalue weighted by molar-refractivity contribution is 6.34. The van der Waals surface area contributed by atoms with Crippen molar-refractivity contribution in [3.8, 4) is 5.75 Å². The van der Waals surface area contributed by atoms with Crippen molar-refractivity contribution >= 4 is 28.9 Å². The van der Waals surface area contributed by atoms with E-state index in [1.165, 1.54) is 0 Å². The van der Waals surface area contributed by atoms with Gasteiger partial charge >= 0.3 is 0 Å². The Morgan fingerprint density at radius 1 is 1.19 bits per heavy atom. The fourth-order valence-electron chi connectivity index (χ4n) is 1.82. The maximum absolute atomic E-state index is 9.94. The van der Waals surface area contributed by atoms with Crippen molar-refractivity contribution < 1.29 is 9.84 Å². The maximum Gasteiger partial charge on any atom is 0.139 e. The molecule has 0 amide bonds. The third kappa shape index (κ3) is 5.12. The molecular weight excluding hydrogens is 309 g/mol. The lowest BCUT2D eigenvalue weighted by atomic mass is 10.2. The summed E-state index contributed by atoms with van der Waals surface area (Å²) in [6, 6.07) is 12.9. The SMILES string of the molecule is Cc1cccc(NCC(O)COc2cc(Cl)ccc2Cl)c1. The van der Waals surface area contributed by atoms with Gasteiger partial charge in [0, 0.05) is 23.3 Å². The molecule has 2 rings (SSSR count). The number of aliphatic hydroxyl groups is 1. The second-order valence-electron chi connectivity index (χ2n) is 4.79. The molecule has 1 unspecified atom stereocenters. The Labute approximate surface area is 134 Å². The molecule has 0 fully saturated rings. The van der Waals surface area contributed by atoms with E-state index in [1.54, 1.807) is 18.2 Å². The molecule has 2 N–H and O–H groups in total. The zero-order valence-electron chi connectivity index (χ0n) is 11.6. The molecule has 0 saturated carbocycles. The molecule has 112 valence electrons. The van der Waals surface area contributed by atoms with E-state index in [9.17, 15) is 5.11 Å². The summed E-state index contributed by atoms with van der Waals surface area (Å²) in [6.45, 7) is 2.55. The Hall–Kier alpha value is -1.42. The van der Waals surface area contributed by atoms with Gasteiger partial charge in [-0.3, -0.25) is 0 Å². The van der Waals surface area contributed by atoms with Gasteiger partial charge in [0.1, 0.15) is 18.5 Å². The van der Waals surface area contributed by atoms with Gasteiger partial charge < -0.3 is 15.2 Å². The standard InChI is InChI=1S/C16H17Cl2NO2/c1-11-3-2-4-13(7-11)19-9-14(20)10-21-16-8-12(17)5-6-15(16)18/h2-8,14,19-20H,9-10H2,1H3. The maximum atomic E-state index is 9.94. The van der Waals surface area contributed by atoms with E-state index in [1.807, 2.05) is 31.2 Å². The first-order chi connectivity index (χ1) is 10.0. The quantitative estimate of drug-likeness (QED) is 0.838. The molecule has 0 aliphatic carbocycles. The summed E-state index contributed by atoms with van der Waals surface area (Å²) < 4.78 is 5.49. The second-order valence-corrected chi connectivity index (χ2v) is 5.63. The highest BCUT2D eigenvalue weighted by Gasteiger charge is 2.08. The van der Waals surface area contributed by atoms with Crippen LogP contribution in [0.25, 0.3) is 0 Å². The Bertz CT molecular complexity index is 605. The van der Waals surface area contributed by atoms with Gasteiger partial charge in [0.15, 0.2) is 0 Å². The lowest BCUT2D eigenvalue weighted by molar-refractivity contribution is 0.117. The minimum Gasteiger partial charge on any atom is -0.489 e. The molecule has 2 aromatic carbocycles. The van der Waals surface area contributed by atoms with Crippen LogP contribution in [0.4, 0.5) is 5.69 Å². The number of anilines is 1. The molecule has 0 aromatic heterocycles. The molecule has 0 spiro atoms. The van der Waals surface area contributed by atoms with E-state index in [-0.39, 0.29) is 6.61 Å². The number of nitrogens with one attached hydrogen (secondary N) is 1. The van der Waals surface area contributed by atoms with Gasteiger partial charge in [0.2, 0.25) is 0 Å². The fraction of sp³-hybridized carbons (Fsp3) is 0.250. The molecule has 0 aliphatic heterocycles. The van der Waals surface area contributed by atoms with Crippen LogP contribution in [0.2, 0.25) is 10.0 Å². The van der Waals surface area contributed by atoms with Crippen LogP contribution in [0.15, 0.2) is 42.5 Å². The number of ether oxygens (including phenoxy) is 1. The van der Waals surface area contributed by atoms with Gasteiger partial charge in [0.25, 0.3) is 0 Å². The zero-order valence-corrected chi connectivity index (χ0v) is 13.2. The van der Waals surface area contributed by atoms with Crippen molar-refractivity contribution in [2.45, 2.75) is 13.0 Å². The highest BCUT2D eigenvalue weighted by atomic mass is 35.5. The van der Waals surface area contributed by atoms with Gasteiger partial charge in [-0.1, -0.05) is 35.3 Å². The van der Waals surface area contributed by atoms with Crippen LogP contribution in [0.3, 0.4) is 0 Å². The van der Waals surface area contributed by atoms with E-state index in [0.29, 0.717) is 22.3 Å². The zero-order chi connectivity index (χ0) is 15.2. The summed E-state index contributed by atoms with van der Waals surface area (Å²) >= 11 is 11.9. The van der Waals surface area contributed by atoms with Crippen molar-refractivity contribution in [2.75, 3.05) is 18.5 Å². The van der Waals surface area contributed by atoms with Crippen molar-refractivity contribution in [1.82, 2.24) is 0 Å². The van der Waals surface area contributed by atoms with E-state index in [2.05, 4.69) is 5.32 Å². The summed E-state index contributed by atoms with van der Waals surface area (Å²) in [5, 5.41) is 14.1. The van der Waals surface area contributed by atoms with E-state index in [4.69, 9.17) is 27.9 Å². The summed E-state index contributed by atoms with van der Waals surface area (Å²) in [6.07, 6.45) is -0.652.